The van der Waals surface area contributed by atoms with Crippen LogP contribution in [-0.2, 0) is 0 Å². The van der Waals surface area contributed by atoms with Crippen molar-refractivity contribution >= 4 is 34.3 Å². The molecule has 2 aliphatic rings. The first-order valence-electron chi connectivity index (χ1n) is 8.37. The van der Waals surface area contributed by atoms with Crippen LogP contribution in [-0.4, -0.2) is 17.4 Å². The van der Waals surface area contributed by atoms with Crippen LogP contribution in [0.5, 0.6) is 0 Å². The summed E-state index contributed by atoms with van der Waals surface area (Å²) >= 11 is 5.38. The van der Waals surface area contributed by atoms with Gasteiger partial charge < -0.3 is 5.32 Å². The van der Waals surface area contributed by atoms with E-state index in [2.05, 4.69) is 58.3 Å². The Morgan fingerprint density at radius 3 is 2.78 bits per heavy atom. The molecule has 2 fully saturated rings. The van der Waals surface area contributed by atoms with Crippen LogP contribution in [0, 0.1) is 11.8 Å². The highest BCUT2D eigenvalue weighted by molar-refractivity contribution is 7.80. The Kier molecular flexibility index (Phi) is 4.00. The van der Waals surface area contributed by atoms with Crippen LogP contribution in [0.2, 0.25) is 0 Å². The topological polar surface area (TPSA) is 36.4 Å². The van der Waals surface area contributed by atoms with Crippen molar-refractivity contribution in [1.82, 2.24) is 10.7 Å². The van der Waals surface area contributed by atoms with E-state index in [0.29, 0.717) is 11.2 Å². The standard InChI is InChI=1S/C19H21N3S/c23-19(21-18-11-13-8-9-15(18)10-13)22-20-12-16-6-3-5-14-4-1-2-7-17(14)16/h1-7,12-13,15,18H,8-11H2,(H2,21,22,23)/b20-12+/t13?,15?,18-/m0/s1. The maximum absolute atomic E-state index is 5.38. The average molecular weight is 323 g/mol. The minimum Gasteiger partial charge on any atom is -0.358 e. The molecule has 2 aromatic carbocycles. The van der Waals surface area contributed by atoms with Crippen molar-refractivity contribution in [2.24, 2.45) is 16.9 Å². The molecule has 2 N–H and O–H groups in total. The van der Waals surface area contributed by atoms with Gasteiger partial charge in [-0.25, -0.2) is 0 Å². The first-order valence-corrected chi connectivity index (χ1v) is 8.78. The molecule has 2 saturated carbocycles. The van der Waals surface area contributed by atoms with Gasteiger partial charge in [-0.15, -0.1) is 0 Å². The molecule has 0 heterocycles. The fraction of sp³-hybridized carbons (Fsp3) is 0.368. The number of hydrazone groups is 1. The van der Waals surface area contributed by atoms with Crippen LogP contribution in [0.3, 0.4) is 0 Å². The molecule has 0 saturated heterocycles. The van der Waals surface area contributed by atoms with Gasteiger partial charge in [0.05, 0.1) is 6.21 Å². The van der Waals surface area contributed by atoms with Gasteiger partial charge in [0.2, 0.25) is 0 Å². The van der Waals surface area contributed by atoms with E-state index in [4.69, 9.17) is 12.2 Å². The second-order valence-electron chi connectivity index (χ2n) is 6.69. The molecular formula is C19H21N3S. The number of hydrogen-bond acceptors (Lipinski definition) is 2. The largest absolute Gasteiger partial charge is 0.358 e. The fourth-order valence-electron chi connectivity index (χ4n) is 4.15. The lowest BCUT2D eigenvalue weighted by Crippen LogP contribution is -2.42. The second kappa shape index (κ2) is 6.28. The third kappa shape index (κ3) is 3.08. The first-order chi connectivity index (χ1) is 11.3. The molecule has 3 nitrogen and oxygen atoms in total. The summed E-state index contributed by atoms with van der Waals surface area (Å²) in [6, 6.07) is 15.1. The molecule has 0 spiro atoms. The fourth-order valence-corrected chi connectivity index (χ4v) is 4.35. The molecule has 0 radical (unpaired) electrons. The third-order valence-electron chi connectivity index (χ3n) is 5.25. The van der Waals surface area contributed by atoms with E-state index >= 15 is 0 Å². The summed E-state index contributed by atoms with van der Waals surface area (Å²) in [4.78, 5) is 0. The molecule has 2 aromatic rings. The lowest BCUT2D eigenvalue weighted by Gasteiger charge is -2.23. The number of nitrogens with one attached hydrogen (secondary N) is 2. The van der Waals surface area contributed by atoms with Crippen LogP contribution >= 0.6 is 12.2 Å². The number of fused-ring (bicyclic) bond motifs is 3. The summed E-state index contributed by atoms with van der Waals surface area (Å²) < 4.78 is 0. The molecule has 2 aliphatic carbocycles. The minimum atomic E-state index is 0.543. The zero-order valence-electron chi connectivity index (χ0n) is 13.0. The number of hydrogen-bond donors (Lipinski definition) is 2. The molecule has 3 atom stereocenters. The van der Waals surface area contributed by atoms with Crippen molar-refractivity contribution in [3.63, 3.8) is 0 Å². The highest BCUT2D eigenvalue weighted by Crippen LogP contribution is 2.44. The summed E-state index contributed by atoms with van der Waals surface area (Å²) in [7, 11) is 0. The Balaban J connectivity index is 1.38. The SMILES string of the molecule is S=C(N/N=C/c1cccc2ccccc12)N[C@H]1CC2CCC1C2. The Labute approximate surface area is 142 Å². The molecule has 4 heteroatoms. The van der Waals surface area contributed by atoms with E-state index in [1.54, 1.807) is 0 Å². The quantitative estimate of drug-likeness (QED) is 0.512. The van der Waals surface area contributed by atoms with Crippen molar-refractivity contribution in [2.45, 2.75) is 31.7 Å². The summed E-state index contributed by atoms with van der Waals surface area (Å²) in [5.41, 5.74) is 4.07. The maximum atomic E-state index is 5.38. The number of nitrogens with zero attached hydrogens (tertiary/aromatic N) is 1. The van der Waals surface area contributed by atoms with Crippen molar-refractivity contribution in [2.75, 3.05) is 0 Å². The van der Waals surface area contributed by atoms with Gasteiger partial charge in [-0.05, 0) is 54.1 Å². The van der Waals surface area contributed by atoms with Crippen molar-refractivity contribution in [3.05, 3.63) is 48.0 Å². The van der Waals surface area contributed by atoms with Crippen molar-refractivity contribution < 1.29 is 0 Å². The van der Waals surface area contributed by atoms with Crippen molar-refractivity contribution in [1.29, 1.82) is 0 Å². The zero-order valence-corrected chi connectivity index (χ0v) is 13.9. The number of rotatable bonds is 3. The Bertz CT molecular complexity index is 750. The van der Waals surface area contributed by atoms with Crippen LogP contribution in [0.1, 0.15) is 31.2 Å². The van der Waals surface area contributed by atoms with Crippen LogP contribution in [0.15, 0.2) is 47.6 Å². The minimum absolute atomic E-state index is 0.543. The number of thiocarbonyl (C=S) groups is 1. The summed E-state index contributed by atoms with van der Waals surface area (Å²) in [6.45, 7) is 0. The molecule has 2 bridgehead atoms. The first kappa shape index (κ1) is 14.6. The lowest BCUT2D eigenvalue weighted by atomic mass is 9.96. The Hall–Kier alpha value is -1.94. The molecule has 0 aromatic heterocycles. The molecule has 118 valence electrons. The predicted molar refractivity (Wildman–Crippen MR) is 99.6 cm³/mol. The predicted octanol–water partition coefficient (Wildman–Crippen LogP) is 3.83. The third-order valence-corrected chi connectivity index (χ3v) is 5.46. The van der Waals surface area contributed by atoms with E-state index in [1.165, 1.54) is 36.5 Å². The van der Waals surface area contributed by atoms with Gasteiger partial charge in [-0.3, -0.25) is 5.43 Å². The summed E-state index contributed by atoms with van der Waals surface area (Å²) in [5, 5.41) is 10.8. The molecule has 23 heavy (non-hydrogen) atoms. The van der Waals surface area contributed by atoms with Gasteiger partial charge in [-0.1, -0.05) is 48.9 Å². The number of benzene rings is 2. The van der Waals surface area contributed by atoms with Crippen LogP contribution in [0.4, 0.5) is 0 Å². The lowest BCUT2D eigenvalue weighted by molar-refractivity contribution is 0.389. The van der Waals surface area contributed by atoms with Gasteiger partial charge in [0, 0.05) is 11.6 Å². The maximum Gasteiger partial charge on any atom is 0.187 e. The molecule has 2 unspecified atom stereocenters. The Morgan fingerprint density at radius 1 is 1.09 bits per heavy atom. The van der Waals surface area contributed by atoms with Gasteiger partial charge >= 0.3 is 0 Å². The molecule has 0 aliphatic heterocycles. The monoisotopic (exact) mass is 323 g/mol. The average Bonchev–Trinajstić information content (AvgIpc) is 3.18. The van der Waals surface area contributed by atoms with E-state index in [1.807, 2.05) is 6.21 Å². The van der Waals surface area contributed by atoms with Crippen molar-refractivity contribution in [3.8, 4) is 0 Å². The summed E-state index contributed by atoms with van der Waals surface area (Å²) in [5.74, 6) is 1.72. The highest BCUT2D eigenvalue weighted by atomic mass is 32.1. The van der Waals surface area contributed by atoms with Gasteiger partial charge in [0.25, 0.3) is 0 Å². The second-order valence-corrected chi connectivity index (χ2v) is 7.10. The zero-order chi connectivity index (χ0) is 15.6. The van der Waals surface area contributed by atoms with E-state index in [9.17, 15) is 0 Å². The molecular weight excluding hydrogens is 302 g/mol. The summed E-state index contributed by atoms with van der Waals surface area (Å²) in [6.07, 6.45) is 7.24. The molecule has 4 rings (SSSR count). The normalized spacial score (nSPS) is 26.0. The van der Waals surface area contributed by atoms with Gasteiger partial charge in [0.1, 0.15) is 0 Å². The van der Waals surface area contributed by atoms with E-state index in [0.717, 1.165) is 17.4 Å². The van der Waals surface area contributed by atoms with E-state index in [-0.39, 0.29) is 0 Å². The highest BCUT2D eigenvalue weighted by Gasteiger charge is 2.39. The van der Waals surface area contributed by atoms with Gasteiger partial charge in [-0.2, -0.15) is 5.10 Å². The Morgan fingerprint density at radius 2 is 1.96 bits per heavy atom. The van der Waals surface area contributed by atoms with Crippen LogP contribution in [0.25, 0.3) is 10.8 Å². The van der Waals surface area contributed by atoms with Crippen LogP contribution < -0.4 is 10.7 Å². The van der Waals surface area contributed by atoms with E-state index < -0.39 is 0 Å². The molecule has 0 amide bonds. The van der Waals surface area contributed by atoms with Gasteiger partial charge in [0.15, 0.2) is 5.11 Å². The smallest absolute Gasteiger partial charge is 0.187 e.